The van der Waals surface area contributed by atoms with E-state index in [1.807, 2.05) is 0 Å². The molecule has 2 N–H and O–H groups in total. The zero-order chi connectivity index (χ0) is 10.7. The van der Waals surface area contributed by atoms with Crippen LogP contribution in [0.25, 0.3) is 0 Å². The predicted octanol–water partition coefficient (Wildman–Crippen LogP) is 1.45. The highest BCUT2D eigenvalue weighted by atomic mass is 16.5. The number of aliphatic hydroxyl groups is 1. The van der Waals surface area contributed by atoms with Crippen molar-refractivity contribution in [1.82, 2.24) is 5.32 Å². The maximum Gasteiger partial charge on any atom is 0.0693 e. The highest BCUT2D eigenvalue weighted by Crippen LogP contribution is 2.24. The van der Waals surface area contributed by atoms with E-state index in [0.717, 1.165) is 25.7 Å². The van der Waals surface area contributed by atoms with Gasteiger partial charge in [0.2, 0.25) is 0 Å². The monoisotopic (exact) mass is 213 g/mol. The van der Waals surface area contributed by atoms with Crippen LogP contribution in [0.15, 0.2) is 0 Å². The largest absolute Gasteiger partial charge is 0.392 e. The number of aliphatic hydroxyl groups excluding tert-OH is 1. The summed E-state index contributed by atoms with van der Waals surface area (Å²) in [6.45, 7) is 0. The third kappa shape index (κ3) is 2.92. The van der Waals surface area contributed by atoms with Crippen molar-refractivity contribution in [1.29, 1.82) is 0 Å². The average molecular weight is 213 g/mol. The Hall–Kier alpha value is -0.120. The van der Waals surface area contributed by atoms with E-state index < -0.39 is 0 Å². The summed E-state index contributed by atoms with van der Waals surface area (Å²) in [4.78, 5) is 0. The standard InChI is InChI=1S/C12H23NO2/c1-15-10-7-5-9(6-8-10)13-11-3-2-4-12(11)14/h9-14H,2-8H2,1H3. The molecular weight excluding hydrogens is 190 g/mol. The fourth-order valence-corrected chi connectivity index (χ4v) is 2.90. The summed E-state index contributed by atoms with van der Waals surface area (Å²) in [5.41, 5.74) is 0. The van der Waals surface area contributed by atoms with Crippen molar-refractivity contribution in [3.63, 3.8) is 0 Å². The number of ether oxygens (including phenoxy) is 1. The van der Waals surface area contributed by atoms with Crippen LogP contribution < -0.4 is 5.32 Å². The smallest absolute Gasteiger partial charge is 0.0693 e. The van der Waals surface area contributed by atoms with E-state index in [4.69, 9.17) is 4.74 Å². The van der Waals surface area contributed by atoms with Gasteiger partial charge in [-0.1, -0.05) is 0 Å². The molecule has 0 amide bonds. The van der Waals surface area contributed by atoms with Crippen LogP contribution >= 0.6 is 0 Å². The van der Waals surface area contributed by atoms with Crippen LogP contribution in [0, 0.1) is 0 Å². The molecule has 15 heavy (non-hydrogen) atoms. The second-order valence-corrected chi connectivity index (χ2v) is 4.98. The molecule has 0 radical (unpaired) electrons. The van der Waals surface area contributed by atoms with Gasteiger partial charge in [0.15, 0.2) is 0 Å². The first-order valence-electron chi connectivity index (χ1n) is 6.26. The lowest BCUT2D eigenvalue weighted by Crippen LogP contribution is -2.44. The van der Waals surface area contributed by atoms with Crippen LogP contribution in [0.1, 0.15) is 44.9 Å². The summed E-state index contributed by atoms with van der Waals surface area (Å²) in [6, 6.07) is 0.961. The summed E-state index contributed by atoms with van der Waals surface area (Å²) >= 11 is 0. The first-order valence-corrected chi connectivity index (χ1v) is 6.26. The average Bonchev–Trinajstić information content (AvgIpc) is 2.66. The molecule has 0 aliphatic heterocycles. The second kappa shape index (κ2) is 5.28. The van der Waals surface area contributed by atoms with Gasteiger partial charge in [-0.2, -0.15) is 0 Å². The molecular formula is C12H23NO2. The molecule has 2 fully saturated rings. The van der Waals surface area contributed by atoms with Crippen LogP contribution in [-0.2, 0) is 4.74 Å². The maximum absolute atomic E-state index is 9.73. The second-order valence-electron chi connectivity index (χ2n) is 4.98. The van der Waals surface area contributed by atoms with Crippen molar-refractivity contribution < 1.29 is 9.84 Å². The third-order valence-electron chi connectivity index (χ3n) is 3.94. The minimum Gasteiger partial charge on any atom is -0.392 e. The van der Waals surface area contributed by atoms with Crippen LogP contribution in [0.4, 0.5) is 0 Å². The van der Waals surface area contributed by atoms with Gasteiger partial charge in [-0.3, -0.25) is 0 Å². The Morgan fingerprint density at radius 1 is 1.07 bits per heavy atom. The Morgan fingerprint density at radius 2 is 1.80 bits per heavy atom. The Bertz CT molecular complexity index is 190. The van der Waals surface area contributed by atoms with Crippen LogP contribution in [0.3, 0.4) is 0 Å². The Labute approximate surface area is 92.2 Å². The molecule has 3 nitrogen and oxygen atoms in total. The molecule has 0 aromatic heterocycles. The third-order valence-corrected chi connectivity index (χ3v) is 3.94. The van der Waals surface area contributed by atoms with Gasteiger partial charge in [-0.15, -0.1) is 0 Å². The van der Waals surface area contributed by atoms with Gasteiger partial charge in [-0.25, -0.2) is 0 Å². The fourth-order valence-electron chi connectivity index (χ4n) is 2.90. The molecule has 0 saturated heterocycles. The van der Waals surface area contributed by atoms with Gasteiger partial charge in [0.25, 0.3) is 0 Å². The number of methoxy groups -OCH3 is 1. The van der Waals surface area contributed by atoms with Gasteiger partial charge < -0.3 is 15.2 Å². The summed E-state index contributed by atoms with van der Waals surface area (Å²) in [6.07, 6.45) is 8.38. The molecule has 2 rings (SSSR count). The van der Waals surface area contributed by atoms with E-state index in [-0.39, 0.29) is 6.10 Å². The quantitative estimate of drug-likeness (QED) is 0.745. The fraction of sp³-hybridized carbons (Fsp3) is 1.00. The van der Waals surface area contributed by atoms with Gasteiger partial charge in [0, 0.05) is 19.2 Å². The van der Waals surface area contributed by atoms with Gasteiger partial charge in [-0.05, 0) is 44.9 Å². The summed E-state index contributed by atoms with van der Waals surface area (Å²) in [5, 5.41) is 13.3. The van der Waals surface area contributed by atoms with E-state index in [1.165, 1.54) is 19.3 Å². The van der Waals surface area contributed by atoms with Crippen LogP contribution in [-0.4, -0.2) is 36.5 Å². The molecule has 2 atom stereocenters. The highest BCUT2D eigenvalue weighted by Gasteiger charge is 2.29. The SMILES string of the molecule is COC1CCC(NC2CCCC2O)CC1. The van der Waals surface area contributed by atoms with Crippen molar-refractivity contribution in [3.8, 4) is 0 Å². The van der Waals surface area contributed by atoms with Crippen molar-refractivity contribution in [3.05, 3.63) is 0 Å². The molecule has 0 heterocycles. The van der Waals surface area contributed by atoms with E-state index in [1.54, 1.807) is 7.11 Å². The van der Waals surface area contributed by atoms with Crippen molar-refractivity contribution in [2.45, 2.75) is 69.2 Å². The van der Waals surface area contributed by atoms with Gasteiger partial charge >= 0.3 is 0 Å². The lowest BCUT2D eigenvalue weighted by atomic mass is 9.92. The maximum atomic E-state index is 9.73. The zero-order valence-electron chi connectivity index (χ0n) is 9.61. The predicted molar refractivity (Wildman–Crippen MR) is 59.8 cm³/mol. The molecule has 2 aliphatic rings. The molecule has 88 valence electrons. The number of nitrogens with one attached hydrogen (secondary N) is 1. The lowest BCUT2D eigenvalue weighted by molar-refractivity contribution is 0.0571. The number of hydrogen-bond donors (Lipinski definition) is 2. The minimum atomic E-state index is -0.106. The molecule has 0 aromatic rings. The van der Waals surface area contributed by atoms with E-state index in [2.05, 4.69) is 5.32 Å². The normalized spacial score (nSPS) is 42.0. The van der Waals surface area contributed by atoms with Crippen LogP contribution in [0.5, 0.6) is 0 Å². The molecule has 3 heteroatoms. The van der Waals surface area contributed by atoms with E-state index in [0.29, 0.717) is 18.2 Å². The van der Waals surface area contributed by atoms with Gasteiger partial charge in [0.05, 0.1) is 12.2 Å². The number of rotatable bonds is 3. The Balaban J connectivity index is 1.72. The summed E-state index contributed by atoms with van der Waals surface area (Å²) in [5.74, 6) is 0. The summed E-state index contributed by atoms with van der Waals surface area (Å²) < 4.78 is 5.35. The zero-order valence-corrected chi connectivity index (χ0v) is 9.61. The molecule has 0 bridgehead atoms. The lowest BCUT2D eigenvalue weighted by Gasteiger charge is -2.31. The van der Waals surface area contributed by atoms with Crippen molar-refractivity contribution in [2.24, 2.45) is 0 Å². The highest BCUT2D eigenvalue weighted by molar-refractivity contribution is 4.87. The molecule has 2 saturated carbocycles. The minimum absolute atomic E-state index is 0.106. The first-order chi connectivity index (χ1) is 7.29. The molecule has 2 aliphatic carbocycles. The van der Waals surface area contributed by atoms with E-state index in [9.17, 15) is 5.11 Å². The van der Waals surface area contributed by atoms with E-state index >= 15 is 0 Å². The summed E-state index contributed by atoms with van der Waals surface area (Å²) in [7, 11) is 1.80. The molecule has 2 unspecified atom stereocenters. The van der Waals surface area contributed by atoms with Gasteiger partial charge in [0.1, 0.15) is 0 Å². The molecule has 0 aromatic carbocycles. The first kappa shape index (κ1) is 11.4. The van der Waals surface area contributed by atoms with Crippen LogP contribution in [0.2, 0.25) is 0 Å². The van der Waals surface area contributed by atoms with Crippen molar-refractivity contribution >= 4 is 0 Å². The number of hydrogen-bond acceptors (Lipinski definition) is 3. The Morgan fingerprint density at radius 3 is 2.33 bits per heavy atom. The molecule has 0 spiro atoms. The topological polar surface area (TPSA) is 41.5 Å². The van der Waals surface area contributed by atoms with Crippen molar-refractivity contribution in [2.75, 3.05) is 7.11 Å². The Kier molecular flexibility index (Phi) is 4.00.